The molecule has 0 spiro atoms. The second-order valence-electron chi connectivity index (χ2n) is 7.04. The highest BCUT2D eigenvalue weighted by Crippen LogP contribution is 2.21. The molecule has 2 aromatic rings. The number of benzene rings is 2. The number of ether oxygens (including phenoxy) is 1. The van der Waals surface area contributed by atoms with E-state index in [4.69, 9.17) is 10.5 Å². The molecule has 1 fully saturated rings. The van der Waals surface area contributed by atoms with Gasteiger partial charge in [-0.25, -0.2) is 0 Å². The number of amides is 1. The summed E-state index contributed by atoms with van der Waals surface area (Å²) < 4.78 is 5.46. The van der Waals surface area contributed by atoms with Crippen molar-refractivity contribution in [2.75, 3.05) is 19.8 Å². The van der Waals surface area contributed by atoms with Crippen molar-refractivity contribution in [1.82, 2.24) is 4.90 Å². The van der Waals surface area contributed by atoms with Gasteiger partial charge in [0.25, 0.3) is 0 Å². The van der Waals surface area contributed by atoms with Gasteiger partial charge in [0.05, 0.1) is 0 Å². The van der Waals surface area contributed by atoms with Crippen molar-refractivity contribution >= 4 is 18.3 Å². The Kier molecular flexibility index (Phi) is 8.79. The lowest BCUT2D eigenvalue weighted by Gasteiger charge is -2.31. The SMILES string of the molecule is Cl.NC(CC(=O)N(Cc1ccccc1)CC1CCOCC1)c1ccccc1. The van der Waals surface area contributed by atoms with Crippen molar-refractivity contribution in [3.8, 4) is 0 Å². The van der Waals surface area contributed by atoms with Crippen LogP contribution in [-0.2, 0) is 16.1 Å². The van der Waals surface area contributed by atoms with E-state index in [1.165, 1.54) is 0 Å². The van der Waals surface area contributed by atoms with E-state index in [0.717, 1.165) is 43.7 Å². The first-order chi connectivity index (χ1) is 12.7. The Hall–Kier alpha value is -1.88. The smallest absolute Gasteiger partial charge is 0.224 e. The molecule has 0 aliphatic carbocycles. The molecule has 4 nitrogen and oxygen atoms in total. The van der Waals surface area contributed by atoms with Gasteiger partial charge in [0.2, 0.25) is 5.91 Å². The molecule has 1 saturated heterocycles. The molecule has 0 radical (unpaired) electrons. The van der Waals surface area contributed by atoms with Crippen LogP contribution in [0, 0.1) is 5.92 Å². The molecule has 2 N–H and O–H groups in total. The molecule has 1 unspecified atom stereocenters. The Balaban J connectivity index is 0.00000261. The first-order valence-electron chi connectivity index (χ1n) is 9.42. The fourth-order valence-electron chi connectivity index (χ4n) is 3.43. The van der Waals surface area contributed by atoms with Crippen molar-refractivity contribution < 1.29 is 9.53 Å². The van der Waals surface area contributed by atoms with Gasteiger partial charge < -0.3 is 15.4 Å². The first kappa shape index (κ1) is 21.4. The maximum absolute atomic E-state index is 13.0. The minimum atomic E-state index is -0.267. The van der Waals surface area contributed by atoms with Gasteiger partial charge in [-0.1, -0.05) is 60.7 Å². The zero-order chi connectivity index (χ0) is 18.2. The van der Waals surface area contributed by atoms with E-state index in [-0.39, 0.29) is 24.4 Å². The van der Waals surface area contributed by atoms with Crippen molar-refractivity contribution in [1.29, 1.82) is 0 Å². The van der Waals surface area contributed by atoms with Gasteiger partial charge in [-0.3, -0.25) is 4.79 Å². The minimum absolute atomic E-state index is 0. The van der Waals surface area contributed by atoms with Crippen molar-refractivity contribution in [3.63, 3.8) is 0 Å². The van der Waals surface area contributed by atoms with Crippen LogP contribution in [0.1, 0.15) is 36.4 Å². The normalized spacial score (nSPS) is 15.6. The molecule has 3 rings (SSSR count). The average Bonchev–Trinajstić information content (AvgIpc) is 2.69. The molecule has 27 heavy (non-hydrogen) atoms. The summed E-state index contributed by atoms with van der Waals surface area (Å²) in [6.07, 6.45) is 2.37. The molecule has 1 aliphatic heterocycles. The second-order valence-corrected chi connectivity index (χ2v) is 7.04. The number of halogens is 1. The van der Waals surface area contributed by atoms with Crippen molar-refractivity contribution in [3.05, 3.63) is 71.8 Å². The maximum atomic E-state index is 13.0. The highest BCUT2D eigenvalue weighted by molar-refractivity contribution is 5.85. The highest BCUT2D eigenvalue weighted by Gasteiger charge is 2.23. The fraction of sp³-hybridized carbons (Fsp3) is 0.409. The molecule has 1 heterocycles. The van der Waals surface area contributed by atoms with E-state index in [1.807, 2.05) is 53.4 Å². The molecule has 146 valence electrons. The lowest BCUT2D eigenvalue weighted by Crippen LogP contribution is -2.38. The lowest BCUT2D eigenvalue weighted by molar-refractivity contribution is -0.133. The van der Waals surface area contributed by atoms with E-state index in [0.29, 0.717) is 18.9 Å². The van der Waals surface area contributed by atoms with Gasteiger partial charge >= 0.3 is 0 Å². The zero-order valence-corrected chi connectivity index (χ0v) is 16.4. The summed E-state index contributed by atoms with van der Waals surface area (Å²) in [6, 6.07) is 19.8. The van der Waals surface area contributed by atoms with E-state index < -0.39 is 0 Å². The Bertz CT molecular complexity index is 675. The third-order valence-corrected chi connectivity index (χ3v) is 5.01. The minimum Gasteiger partial charge on any atom is -0.381 e. The van der Waals surface area contributed by atoms with Crippen molar-refractivity contribution in [2.45, 2.75) is 31.8 Å². The number of nitrogens with zero attached hydrogens (tertiary/aromatic N) is 1. The van der Waals surface area contributed by atoms with E-state index in [1.54, 1.807) is 0 Å². The number of hydrogen-bond acceptors (Lipinski definition) is 3. The van der Waals surface area contributed by atoms with Crippen LogP contribution in [-0.4, -0.2) is 30.6 Å². The summed E-state index contributed by atoms with van der Waals surface area (Å²) in [5.41, 5.74) is 8.45. The second kappa shape index (κ2) is 11.1. The van der Waals surface area contributed by atoms with Crippen molar-refractivity contribution in [2.24, 2.45) is 11.7 Å². The summed E-state index contributed by atoms with van der Waals surface area (Å²) in [5, 5.41) is 0. The largest absolute Gasteiger partial charge is 0.381 e. The summed E-state index contributed by atoms with van der Waals surface area (Å²) in [4.78, 5) is 15.0. The van der Waals surface area contributed by atoms with Crippen LogP contribution in [0.3, 0.4) is 0 Å². The van der Waals surface area contributed by atoms with Crippen LogP contribution in [0.15, 0.2) is 60.7 Å². The predicted molar refractivity (Wildman–Crippen MR) is 111 cm³/mol. The molecule has 2 aromatic carbocycles. The predicted octanol–water partition coefficient (Wildman–Crippen LogP) is 3.95. The van der Waals surface area contributed by atoms with E-state index in [2.05, 4.69) is 12.1 Å². The van der Waals surface area contributed by atoms with Gasteiger partial charge in [0.15, 0.2) is 0 Å². The Morgan fingerprint density at radius 3 is 2.26 bits per heavy atom. The molecule has 1 aliphatic rings. The third-order valence-electron chi connectivity index (χ3n) is 5.01. The fourth-order valence-corrected chi connectivity index (χ4v) is 3.43. The van der Waals surface area contributed by atoms with Gasteiger partial charge in [0.1, 0.15) is 0 Å². The lowest BCUT2D eigenvalue weighted by atomic mass is 9.98. The maximum Gasteiger partial charge on any atom is 0.224 e. The van der Waals surface area contributed by atoms with Crippen LogP contribution in [0.2, 0.25) is 0 Å². The Morgan fingerprint density at radius 2 is 1.63 bits per heavy atom. The van der Waals surface area contributed by atoms with E-state index >= 15 is 0 Å². The topological polar surface area (TPSA) is 55.6 Å². The third kappa shape index (κ3) is 6.65. The van der Waals surface area contributed by atoms with Gasteiger partial charge in [-0.2, -0.15) is 0 Å². The highest BCUT2D eigenvalue weighted by atomic mass is 35.5. The molecule has 5 heteroatoms. The van der Waals surface area contributed by atoms with Gasteiger partial charge in [-0.05, 0) is 29.9 Å². The Labute approximate surface area is 168 Å². The van der Waals surface area contributed by atoms with E-state index in [9.17, 15) is 4.79 Å². The van der Waals surface area contributed by atoms with Crippen LogP contribution >= 0.6 is 12.4 Å². The van der Waals surface area contributed by atoms with Crippen LogP contribution in [0.25, 0.3) is 0 Å². The molecular formula is C22H29ClN2O2. The number of carbonyl (C=O) groups excluding carboxylic acids is 1. The summed E-state index contributed by atoms with van der Waals surface area (Å²) >= 11 is 0. The molecule has 1 amide bonds. The number of rotatable bonds is 7. The summed E-state index contributed by atoms with van der Waals surface area (Å²) in [7, 11) is 0. The van der Waals surface area contributed by atoms with Crippen LogP contribution < -0.4 is 5.73 Å². The standard InChI is InChI=1S/C22H28N2O2.ClH/c23-21(20-9-5-2-6-10-20)15-22(25)24(16-18-7-3-1-4-8-18)17-19-11-13-26-14-12-19;/h1-10,19,21H,11-17,23H2;1H. The summed E-state index contributed by atoms with van der Waals surface area (Å²) in [5.74, 6) is 0.626. The van der Waals surface area contributed by atoms with Crippen LogP contribution in [0.4, 0.5) is 0 Å². The Morgan fingerprint density at radius 1 is 1.04 bits per heavy atom. The number of nitrogens with two attached hydrogens (primary N) is 1. The first-order valence-corrected chi connectivity index (χ1v) is 9.42. The summed E-state index contributed by atoms with van der Waals surface area (Å²) in [6.45, 7) is 3.00. The molecular weight excluding hydrogens is 360 g/mol. The van der Waals surface area contributed by atoms with Crippen LogP contribution in [0.5, 0.6) is 0 Å². The van der Waals surface area contributed by atoms with Gasteiger partial charge in [0, 0.05) is 38.8 Å². The number of carbonyl (C=O) groups is 1. The molecule has 0 aromatic heterocycles. The molecule has 1 atom stereocenters. The zero-order valence-electron chi connectivity index (χ0n) is 15.6. The average molecular weight is 389 g/mol. The molecule has 0 saturated carbocycles. The monoisotopic (exact) mass is 388 g/mol. The molecule has 0 bridgehead atoms. The number of hydrogen-bond donors (Lipinski definition) is 1. The quantitative estimate of drug-likeness (QED) is 0.781. The van der Waals surface area contributed by atoms with Gasteiger partial charge in [-0.15, -0.1) is 12.4 Å².